The molecule has 1 atom stereocenters. The molecular formula is C15H21NO3. The van der Waals surface area contributed by atoms with E-state index in [0.29, 0.717) is 13.2 Å². The summed E-state index contributed by atoms with van der Waals surface area (Å²) in [6.45, 7) is 4.47. The first-order chi connectivity index (χ1) is 9.31. The summed E-state index contributed by atoms with van der Waals surface area (Å²) in [6, 6.07) is 9.91. The maximum Gasteiger partial charge on any atom is 0.410 e. The molecule has 1 fully saturated rings. The van der Waals surface area contributed by atoms with Crippen molar-refractivity contribution in [2.24, 2.45) is 0 Å². The molecule has 1 aromatic rings. The molecule has 1 aromatic carbocycles. The molecule has 4 heteroatoms. The summed E-state index contributed by atoms with van der Waals surface area (Å²) < 4.78 is 10.7. The predicted molar refractivity (Wildman–Crippen MR) is 72.8 cm³/mol. The van der Waals surface area contributed by atoms with Gasteiger partial charge < -0.3 is 14.4 Å². The van der Waals surface area contributed by atoms with E-state index in [1.165, 1.54) is 0 Å². The predicted octanol–water partition coefficient (Wildman–Crippen LogP) is 2.82. The van der Waals surface area contributed by atoms with Crippen molar-refractivity contribution in [3.05, 3.63) is 35.9 Å². The number of carbonyl (C=O) groups is 1. The third-order valence-corrected chi connectivity index (χ3v) is 3.25. The summed E-state index contributed by atoms with van der Waals surface area (Å²) in [4.78, 5) is 13.9. The van der Waals surface area contributed by atoms with Gasteiger partial charge in [-0.15, -0.1) is 0 Å². The first-order valence-corrected chi connectivity index (χ1v) is 6.86. The SMILES string of the molecule is CCCN(C(=O)OCc1ccccc1)C1CCOC1. The fourth-order valence-electron chi connectivity index (χ4n) is 2.23. The first kappa shape index (κ1) is 13.9. The van der Waals surface area contributed by atoms with Crippen molar-refractivity contribution in [1.29, 1.82) is 0 Å². The average molecular weight is 263 g/mol. The van der Waals surface area contributed by atoms with Gasteiger partial charge >= 0.3 is 6.09 Å². The van der Waals surface area contributed by atoms with E-state index >= 15 is 0 Å². The van der Waals surface area contributed by atoms with Crippen LogP contribution in [0.3, 0.4) is 0 Å². The number of ether oxygens (including phenoxy) is 2. The molecular weight excluding hydrogens is 242 g/mol. The molecule has 1 unspecified atom stereocenters. The van der Waals surface area contributed by atoms with Gasteiger partial charge in [-0.1, -0.05) is 37.3 Å². The van der Waals surface area contributed by atoms with Crippen LogP contribution in [0.5, 0.6) is 0 Å². The summed E-state index contributed by atoms with van der Waals surface area (Å²) in [5.41, 5.74) is 1.01. The summed E-state index contributed by atoms with van der Waals surface area (Å²) in [5, 5.41) is 0. The van der Waals surface area contributed by atoms with Crippen molar-refractivity contribution >= 4 is 6.09 Å². The Balaban J connectivity index is 1.88. The second-order valence-electron chi connectivity index (χ2n) is 4.75. The molecule has 0 aromatic heterocycles. The molecule has 104 valence electrons. The highest BCUT2D eigenvalue weighted by Gasteiger charge is 2.27. The molecule has 1 amide bonds. The Morgan fingerprint density at radius 3 is 2.84 bits per heavy atom. The lowest BCUT2D eigenvalue weighted by Crippen LogP contribution is -2.41. The van der Waals surface area contributed by atoms with E-state index in [4.69, 9.17) is 9.47 Å². The molecule has 0 radical (unpaired) electrons. The maximum absolute atomic E-state index is 12.1. The lowest BCUT2D eigenvalue weighted by atomic mass is 10.2. The zero-order chi connectivity index (χ0) is 13.5. The minimum atomic E-state index is -0.235. The van der Waals surface area contributed by atoms with Gasteiger partial charge in [0.25, 0.3) is 0 Å². The molecule has 1 saturated heterocycles. The van der Waals surface area contributed by atoms with Gasteiger partial charge in [-0.2, -0.15) is 0 Å². The Morgan fingerprint density at radius 2 is 2.21 bits per heavy atom. The Morgan fingerprint density at radius 1 is 1.42 bits per heavy atom. The normalized spacial score (nSPS) is 18.3. The van der Waals surface area contributed by atoms with Crippen LogP contribution in [-0.2, 0) is 16.1 Å². The van der Waals surface area contributed by atoms with Gasteiger partial charge in [-0.05, 0) is 18.4 Å². The van der Waals surface area contributed by atoms with Crippen LogP contribution in [0.25, 0.3) is 0 Å². The fourth-order valence-corrected chi connectivity index (χ4v) is 2.23. The lowest BCUT2D eigenvalue weighted by Gasteiger charge is -2.26. The quantitative estimate of drug-likeness (QED) is 0.820. The third-order valence-electron chi connectivity index (χ3n) is 3.25. The van der Waals surface area contributed by atoms with Gasteiger partial charge in [0.05, 0.1) is 12.6 Å². The Labute approximate surface area is 114 Å². The minimum absolute atomic E-state index is 0.170. The van der Waals surface area contributed by atoms with Gasteiger partial charge in [0, 0.05) is 13.2 Å². The maximum atomic E-state index is 12.1. The van der Waals surface area contributed by atoms with Crippen molar-refractivity contribution in [2.45, 2.75) is 32.4 Å². The van der Waals surface area contributed by atoms with Crippen LogP contribution in [0.4, 0.5) is 4.79 Å². The van der Waals surface area contributed by atoms with Crippen LogP contribution in [0.2, 0.25) is 0 Å². The van der Waals surface area contributed by atoms with E-state index in [0.717, 1.165) is 31.6 Å². The van der Waals surface area contributed by atoms with Crippen molar-refractivity contribution in [2.75, 3.05) is 19.8 Å². The summed E-state index contributed by atoms with van der Waals surface area (Å²) >= 11 is 0. The largest absolute Gasteiger partial charge is 0.445 e. The molecule has 0 aliphatic carbocycles. The smallest absolute Gasteiger partial charge is 0.410 e. The first-order valence-electron chi connectivity index (χ1n) is 6.86. The number of amides is 1. The number of hydrogen-bond donors (Lipinski definition) is 0. The van der Waals surface area contributed by atoms with E-state index in [1.807, 2.05) is 30.3 Å². The van der Waals surface area contributed by atoms with Gasteiger partial charge in [0.15, 0.2) is 0 Å². The number of benzene rings is 1. The Hall–Kier alpha value is -1.55. The molecule has 0 N–H and O–H groups in total. The van der Waals surface area contributed by atoms with Crippen LogP contribution >= 0.6 is 0 Å². The Kier molecular flexibility index (Phi) is 5.21. The summed E-state index contributed by atoms with van der Waals surface area (Å²) in [7, 11) is 0. The van der Waals surface area contributed by atoms with E-state index < -0.39 is 0 Å². The van der Waals surface area contributed by atoms with Crippen molar-refractivity contribution in [3.8, 4) is 0 Å². The van der Waals surface area contributed by atoms with Crippen molar-refractivity contribution < 1.29 is 14.3 Å². The number of nitrogens with zero attached hydrogens (tertiary/aromatic N) is 1. The molecule has 0 saturated carbocycles. The zero-order valence-electron chi connectivity index (χ0n) is 11.4. The van der Waals surface area contributed by atoms with Crippen LogP contribution in [0.1, 0.15) is 25.3 Å². The molecule has 0 bridgehead atoms. The van der Waals surface area contributed by atoms with Crippen molar-refractivity contribution in [1.82, 2.24) is 4.90 Å². The van der Waals surface area contributed by atoms with Crippen molar-refractivity contribution in [3.63, 3.8) is 0 Å². The summed E-state index contributed by atoms with van der Waals surface area (Å²) in [5.74, 6) is 0. The number of rotatable bonds is 5. The van der Waals surface area contributed by atoms with E-state index in [-0.39, 0.29) is 12.1 Å². The molecule has 1 aliphatic heterocycles. The standard InChI is InChI=1S/C15H21NO3/c1-2-9-16(14-8-10-18-12-14)15(17)19-11-13-6-4-3-5-7-13/h3-7,14H,2,8-12H2,1H3. The van der Waals surface area contributed by atoms with Crippen LogP contribution < -0.4 is 0 Å². The Bertz CT molecular complexity index is 388. The highest BCUT2D eigenvalue weighted by atomic mass is 16.6. The average Bonchev–Trinajstić information content (AvgIpc) is 2.97. The number of hydrogen-bond acceptors (Lipinski definition) is 3. The highest BCUT2D eigenvalue weighted by molar-refractivity contribution is 5.68. The van der Waals surface area contributed by atoms with E-state index in [9.17, 15) is 4.79 Å². The van der Waals surface area contributed by atoms with Gasteiger partial charge in [-0.3, -0.25) is 0 Å². The second-order valence-corrected chi connectivity index (χ2v) is 4.75. The molecule has 1 aliphatic rings. The summed E-state index contributed by atoms with van der Waals surface area (Å²) in [6.07, 6.45) is 1.60. The lowest BCUT2D eigenvalue weighted by molar-refractivity contribution is 0.0752. The second kappa shape index (κ2) is 7.14. The molecule has 1 heterocycles. The van der Waals surface area contributed by atoms with Gasteiger partial charge in [0.1, 0.15) is 6.61 Å². The topological polar surface area (TPSA) is 38.8 Å². The van der Waals surface area contributed by atoms with Crippen LogP contribution in [0.15, 0.2) is 30.3 Å². The zero-order valence-corrected chi connectivity index (χ0v) is 11.4. The molecule has 2 rings (SSSR count). The monoisotopic (exact) mass is 263 g/mol. The van der Waals surface area contributed by atoms with E-state index in [2.05, 4.69) is 6.92 Å². The van der Waals surface area contributed by atoms with Gasteiger partial charge in [0.2, 0.25) is 0 Å². The third kappa shape index (κ3) is 3.96. The molecule has 4 nitrogen and oxygen atoms in total. The minimum Gasteiger partial charge on any atom is -0.445 e. The van der Waals surface area contributed by atoms with E-state index in [1.54, 1.807) is 4.90 Å². The molecule has 0 spiro atoms. The highest BCUT2D eigenvalue weighted by Crippen LogP contribution is 2.15. The molecule has 19 heavy (non-hydrogen) atoms. The van der Waals surface area contributed by atoms with Gasteiger partial charge in [-0.25, -0.2) is 4.79 Å². The van der Waals surface area contributed by atoms with Crippen LogP contribution in [0, 0.1) is 0 Å². The van der Waals surface area contributed by atoms with Crippen LogP contribution in [-0.4, -0.2) is 36.8 Å². The number of carbonyl (C=O) groups excluding carboxylic acids is 1. The fraction of sp³-hybridized carbons (Fsp3) is 0.533.